The first kappa shape index (κ1) is 13.7. The Labute approximate surface area is 102 Å². The van der Waals surface area contributed by atoms with Gasteiger partial charge < -0.3 is 14.8 Å². The molecule has 0 fully saturated rings. The second-order valence-electron chi connectivity index (χ2n) is 3.65. The second kappa shape index (κ2) is 7.04. The predicted octanol–water partition coefficient (Wildman–Crippen LogP) is 1.66. The lowest BCUT2D eigenvalue weighted by molar-refractivity contribution is -0.145. The van der Waals surface area contributed by atoms with E-state index in [2.05, 4.69) is 5.32 Å². The summed E-state index contributed by atoms with van der Waals surface area (Å²) in [6.07, 6.45) is 0. The van der Waals surface area contributed by atoms with E-state index < -0.39 is 6.04 Å². The summed E-state index contributed by atoms with van der Waals surface area (Å²) in [5.74, 6) is -0.255. The zero-order chi connectivity index (χ0) is 12.7. The van der Waals surface area contributed by atoms with E-state index >= 15 is 0 Å². The standard InChI is InChI=1S/C13H19NO3/c1-4-17-13(15)12(14-2)11-7-5-10(6-8-11)9-16-3/h5-8,12,14H,4,9H2,1-3H3. The van der Waals surface area contributed by atoms with Gasteiger partial charge >= 0.3 is 5.97 Å². The lowest BCUT2D eigenvalue weighted by atomic mass is 10.1. The van der Waals surface area contributed by atoms with Gasteiger partial charge in [0.15, 0.2) is 0 Å². The smallest absolute Gasteiger partial charge is 0.327 e. The molecule has 1 aromatic carbocycles. The third kappa shape index (κ3) is 3.84. The van der Waals surface area contributed by atoms with Gasteiger partial charge in [-0.25, -0.2) is 4.79 Å². The Morgan fingerprint density at radius 2 is 2.00 bits per heavy atom. The van der Waals surface area contributed by atoms with Crippen molar-refractivity contribution in [3.63, 3.8) is 0 Å². The van der Waals surface area contributed by atoms with Crippen LogP contribution in [0.4, 0.5) is 0 Å². The number of ether oxygens (including phenoxy) is 2. The zero-order valence-electron chi connectivity index (χ0n) is 10.5. The highest BCUT2D eigenvalue weighted by Gasteiger charge is 2.19. The monoisotopic (exact) mass is 237 g/mol. The minimum absolute atomic E-state index is 0.255. The van der Waals surface area contributed by atoms with E-state index in [0.717, 1.165) is 11.1 Å². The summed E-state index contributed by atoms with van der Waals surface area (Å²) < 4.78 is 10.0. The van der Waals surface area contributed by atoms with Gasteiger partial charge in [-0.3, -0.25) is 0 Å². The largest absolute Gasteiger partial charge is 0.465 e. The van der Waals surface area contributed by atoms with Gasteiger partial charge in [0.2, 0.25) is 0 Å². The number of esters is 1. The molecule has 0 aromatic heterocycles. The van der Waals surface area contributed by atoms with Crippen molar-refractivity contribution in [1.82, 2.24) is 5.32 Å². The fourth-order valence-corrected chi connectivity index (χ4v) is 1.62. The molecule has 0 spiro atoms. The van der Waals surface area contributed by atoms with Crippen LogP contribution in [0.3, 0.4) is 0 Å². The number of hydrogen-bond acceptors (Lipinski definition) is 4. The predicted molar refractivity (Wildman–Crippen MR) is 65.6 cm³/mol. The second-order valence-corrected chi connectivity index (χ2v) is 3.65. The Kier molecular flexibility index (Phi) is 5.66. The molecule has 0 amide bonds. The fraction of sp³-hybridized carbons (Fsp3) is 0.462. The molecule has 1 N–H and O–H groups in total. The van der Waals surface area contributed by atoms with E-state index in [0.29, 0.717) is 13.2 Å². The Morgan fingerprint density at radius 3 is 2.47 bits per heavy atom. The Balaban J connectivity index is 2.78. The molecule has 0 heterocycles. The van der Waals surface area contributed by atoms with E-state index in [4.69, 9.17) is 9.47 Å². The molecule has 17 heavy (non-hydrogen) atoms. The van der Waals surface area contributed by atoms with Crippen molar-refractivity contribution < 1.29 is 14.3 Å². The van der Waals surface area contributed by atoms with E-state index in [9.17, 15) is 4.79 Å². The maximum absolute atomic E-state index is 11.7. The number of carbonyl (C=O) groups excluding carboxylic acids is 1. The van der Waals surface area contributed by atoms with Crippen LogP contribution in [0.25, 0.3) is 0 Å². The highest BCUT2D eigenvalue weighted by Crippen LogP contribution is 2.15. The Morgan fingerprint density at radius 1 is 1.35 bits per heavy atom. The Hall–Kier alpha value is -1.39. The number of methoxy groups -OCH3 is 1. The topological polar surface area (TPSA) is 47.6 Å². The van der Waals surface area contributed by atoms with E-state index in [1.54, 1.807) is 21.1 Å². The van der Waals surface area contributed by atoms with Gasteiger partial charge in [-0.05, 0) is 25.1 Å². The molecule has 0 aliphatic heterocycles. The number of benzene rings is 1. The van der Waals surface area contributed by atoms with Crippen LogP contribution >= 0.6 is 0 Å². The van der Waals surface area contributed by atoms with Crippen LogP contribution in [0.5, 0.6) is 0 Å². The molecule has 1 aromatic rings. The normalized spacial score (nSPS) is 12.2. The van der Waals surface area contributed by atoms with Gasteiger partial charge in [0.25, 0.3) is 0 Å². The molecule has 4 heteroatoms. The molecule has 0 radical (unpaired) electrons. The molecule has 0 saturated carbocycles. The van der Waals surface area contributed by atoms with Crippen LogP contribution in [0.15, 0.2) is 24.3 Å². The average molecular weight is 237 g/mol. The van der Waals surface area contributed by atoms with E-state index in [1.165, 1.54) is 0 Å². The molecular weight excluding hydrogens is 218 g/mol. The number of hydrogen-bond donors (Lipinski definition) is 1. The van der Waals surface area contributed by atoms with Gasteiger partial charge in [0.1, 0.15) is 6.04 Å². The maximum Gasteiger partial charge on any atom is 0.327 e. The molecule has 0 aliphatic carbocycles. The first-order chi connectivity index (χ1) is 8.22. The van der Waals surface area contributed by atoms with Crippen molar-refractivity contribution in [2.24, 2.45) is 0 Å². The van der Waals surface area contributed by atoms with Crippen molar-refractivity contribution >= 4 is 5.97 Å². The summed E-state index contributed by atoms with van der Waals surface area (Å²) >= 11 is 0. The summed E-state index contributed by atoms with van der Waals surface area (Å²) in [6, 6.07) is 7.30. The van der Waals surface area contributed by atoms with E-state index in [-0.39, 0.29) is 5.97 Å². The number of likely N-dealkylation sites (N-methyl/N-ethyl adjacent to an activating group) is 1. The van der Waals surface area contributed by atoms with Gasteiger partial charge in [-0.2, -0.15) is 0 Å². The number of carbonyl (C=O) groups is 1. The van der Waals surface area contributed by atoms with Crippen LogP contribution in [0.1, 0.15) is 24.1 Å². The lowest BCUT2D eigenvalue weighted by Crippen LogP contribution is -2.27. The van der Waals surface area contributed by atoms with Crippen molar-refractivity contribution in [3.8, 4) is 0 Å². The van der Waals surface area contributed by atoms with Crippen LogP contribution in [0.2, 0.25) is 0 Å². The van der Waals surface area contributed by atoms with Crippen LogP contribution in [0, 0.1) is 0 Å². The minimum atomic E-state index is -0.411. The number of nitrogens with one attached hydrogen (secondary N) is 1. The lowest BCUT2D eigenvalue weighted by Gasteiger charge is -2.15. The van der Waals surface area contributed by atoms with Gasteiger partial charge in [-0.15, -0.1) is 0 Å². The first-order valence-corrected chi connectivity index (χ1v) is 5.64. The zero-order valence-corrected chi connectivity index (χ0v) is 10.5. The fourth-order valence-electron chi connectivity index (χ4n) is 1.62. The van der Waals surface area contributed by atoms with E-state index in [1.807, 2.05) is 24.3 Å². The average Bonchev–Trinajstić information content (AvgIpc) is 2.33. The maximum atomic E-state index is 11.7. The molecule has 0 aliphatic rings. The summed E-state index contributed by atoms with van der Waals surface area (Å²) in [5, 5.41) is 2.95. The quantitative estimate of drug-likeness (QED) is 0.764. The molecule has 94 valence electrons. The molecule has 1 atom stereocenters. The SMILES string of the molecule is CCOC(=O)C(NC)c1ccc(COC)cc1. The third-order valence-electron chi connectivity index (χ3n) is 2.44. The molecule has 0 saturated heterocycles. The molecule has 4 nitrogen and oxygen atoms in total. The highest BCUT2D eigenvalue weighted by atomic mass is 16.5. The van der Waals surface area contributed by atoms with Crippen LogP contribution in [-0.2, 0) is 20.9 Å². The summed E-state index contributed by atoms with van der Waals surface area (Å²) in [7, 11) is 3.40. The third-order valence-corrected chi connectivity index (χ3v) is 2.44. The van der Waals surface area contributed by atoms with Crippen LogP contribution in [-0.4, -0.2) is 26.7 Å². The summed E-state index contributed by atoms with van der Waals surface area (Å²) in [6.45, 7) is 2.76. The Bertz CT molecular complexity index is 348. The summed E-state index contributed by atoms with van der Waals surface area (Å²) in [4.78, 5) is 11.7. The summed E-state index contributed by atoms with van der Waals surface area (Å²) in [5.41, 5.74) is 1.97. The highest BCUT2D eigenvalue weighted by molar-refractivity contribution is 5.77. The van der Waals surface area contributed by atoms with Crippen molar-refractivity contribution in [2.45, 2.75) is 19.6 Å². The molecule has 1 rings (SSSR count). The van der Waals surface area contributed by atoms with Gasteiger partial charge in [-0.1, -0.05) is 24.3 Å². The minimum Gasteiger partial charge on any atom is -0.465 e. The number of rotatable bonds is 6. The molecule has 0 bridgehead atoms. The van der Waals surface area contributed by atoms with Crippen molar-refractivity contribution in [3.05, 3.63) is 35.4 Å². The molecular formula is C13H19NO3. The van der Waals surface area contributed by atoms with Gasteiger partial charge in [0.05, 0.1) is 13.2 Å². The van der Waals surface area contributed by atoms with Crippen molar-refractivity contribution in [2.75, 3.05) is 20.8 Å². The van der Waals surface area contributed by atoms with Crippen molar-refractivity contribution in [1.29, 1.82) is 0 Å². The molecule has 1 unspecified atom stereocenters. The first-order valence-electron chi connectivity index (χ1n) is 5.64. The van der Waals surface area contributed by atoms with Crippen LogP contribution < -0.4 is 5.32 Å². The van der Waals surface area contributed by atoms with Gasteiger partial charge in [0, 0.05) is 7.11 Å².